The van der Waals surface area contributed by atoms with Crippen LogP contribution in [0.2, 0.25) is 5.02 Å². The lowest BCUT2D eigenvalue weighted by Gasteiger charge is -2.13. The number of aromatic amines is 1. The summed E-state index contributed by atoms with van der Waals surface area (Å²) in [6, 6.07) is 11.6. The number of imidazole rings is 1. The number of ether oxygens (including phenoxy) is 1. The molecule has 1 N–H and O–H groups in total. The summed E-state index contributed by atoms with van der Waals surface area (Å²) in [6.07, 6.45) is 3.86. The van der Waals surface area contributed by atoms with Gasteiger partial charge in [-0.2, -0.15) is 0 Å². The first-order chi connectivity index (χ1) is 13.6. The van der Waals surface area contributed by atoms with E-state index < -0.39 is 0 Å². The summed E-state index contributed by atoms with van der Waals surface area (Å²) < 4.78 is 5.96. The Kier molecular flexibility index (Phi) is 5.21. The zero-order valence-corrected chi connectivity index (χ0v) is 16.4. The number of hydrogen-bond acceptors (Lipinski definition) is 5. The largest absolute Gasteiger partial charge is 0.493 e. The fourth-order valence-electron chi connectivity index (χ4n) is 2.86. The maximum Gasteiger partial charge on any atom is 0.197 e. The zero-order valence-electron chi connectivity index (χ0n) is 15.7. The van der Waals surface area contributed by atoms with Gasteiger partial charge in [-0.3, -0.25) is 0 Å². The molecule has 0 unspecified atom stereocenters. The molecule has 6 nitrogen and oxygen atoms in total. The van der Waals surface area contributed by atoms with E-state index in [1.54, 1.807) is 12.4 Å². The highest BCUT2D eigenvalue weighted by Crippen LogP contribution is 2.26. The number of fused-ring (bicyclic) bond motifs is 1. The molecule has 0 fully saturated rings. The quantitative estimate of drug-likeness (QED) is 0.514. The first-order valence-electron chi connectivity index (χ1n) is 9.13. The van der Waals surface area contributed by atoms with E-state index in [-0.39, 0.29) is 0 Å². The predicted molar refractivity (Wildman–Crippen MR) is 110 cm³/mol. The van der Waals surface area contributed by atoms with Gasteiger partial charge in [-0.1, -0.05) is 31.5 Å². The fourth-order valence-corrected chi connectivity index (χ4v) is 3.05. The monoisotopic (exact) mass is 393 g/mol. The molecule has 3 heterocycles. The van der Waals surface area contributed by atoms with E-state index in [9.17, 15) is 0 Å². The average molecular weight is 394 g/mol. The molecule has 4 rings (SSSR count). The van der Waals surface area contributed by atoms with Gasteiger partial charge in [0.2, 0.25) is 0 Å². The van der Waals surface area contributed by atoms with Crippen molar-refractivity contribution in [3.63, 3.8) is 0 Å². The lowest BCUT2D eigenvalue weighted by molar-refractivity contribution is 0.269. The molecule has 0 spiro atoms. The molecule has 142 valence electrons. The van der Waals surface area contributed by atoms with Gasteiger partial charge in [0.05, 0.1) is 6.61 Å². The minimum absolute atomic E-state index is 0.445. The molecule has 0 aliphatic rings. The summed E-state index contributed by atoms with van der Waals surface area (Å²) in [4.78, 5) is 20.8. The summed E-state index contributed by atoms with van der Waals surface area (Å²) in [5, 5.41) is 0.678. The first-order valence-corrected chi connectivity index (χ1v) is 9.50. The van der Waals surface area contributed by atoms with Crippen LogP contribution in [0.25, 0.3) is 22.8 Å². The third kappa shape index (κ3) is 4.12. The van der Waals surface area contributed by atoms with E-state index in [0.717, 1.165) is 22.7 Å². The summed E-state index contributed by atoms with van der Waals surface area (Å²) >= 11 is 6.21. The molecule has 0 bridgehead atoms. The van der Waals surface area contributed by atoms with Gasteiger partial charge in [0.15, 0.2) is 17.1 Å². The van der Waals surface area contributed by atoms with Crippen LogP contribution in [0.5, 0.6) is 5.75 Å². The smallest absolute Gasteiger partial charge is 0.197 e. The van der Waals surface area contributed by atoms with Crippen LogP contribution >= 0.6 is 11.6 Å². The highest BCUT2D eigenvalue weighted by molar-refractivity contribution is 6.30. The summed E-state index contributed by atoms with van der Waals surface area (Å²) in [5.41, 5.74) is 3.86. The molecule has 7 heteroatoms. The van der Waals surface area contributed by atoms with Crippen molar-refractivity contribution in [1.29, 1.82) is 0 Å². The molecule has 0 amide bonds. The summed E-state index contributed by atoms with van der Waals surface area (Å²) in [6.45, 7) is 4.90. The van der Waals surface area contributed by atoms with Gasteiger partial charge < -0.3 is 9.72 Å². The van der Waals surface area contributed by atoms with Crippen molar-refractivity contribution in [3.05, 3.63) is 65.1 Å². The van der Waals surface area contributed by atoms with E-state index in [2.05, 4.69) is 33.8 Å². The van der Waals surface area contributed by atoms with Gasteiger partial charge in [0.25, 0.3) is 0 Å². The predicted octanol–water partition coefficient (Wildman–Crippen LogP) is 4.69. The van der Waals surface area contributed by atoms with Crippen LogP contribution in [0.4, 0.5) is 0 Å². The number of nitrogens with zero attached hydrogens (tertiary/aromatic N) is 4. The lowest BCUT2D eigenvalue weighted by atomic mass is 10.1. The van der Waals surface area contributed by atoms with Crippen molar-refractivity contribution in [2.75, 3.05) is 6.61 Å². The molecule has 1 aromatic carbocycles. The van der Waals surface area contributed by atoms with Gasteiger partial charge in [-0.15, -0.1) is 0 Å². The van der Waals surface area contributed by atoms with E-state index in [1.165, 1.54) is 0 Å². The number of nitrogens with one attached hydrogen (secondary N) is 1. The van der Waals surface area contributed by atoms with Crippen molar-refractivity contribution in [3.8, 4) is 17.3 Å². The van der Waals surface area contributed by atoms with Crippen molar-refractivity contribution in [2.45, 2.75) is 20.3 Å². The van der Waals surface area contributed by atoms with Crippen LogP contribution in [-0.2, 0) is 6.42 Å². The van der Waals surface area contributed by atoms with Gasteiger partial charge in [0.1, 0.15) is 11.4 Å². The normalized spacial score (nSPS) is 11.3. The Morgan fingerprint density at radius 1 is 1.07 bits per heavy atom. The van der Waals surface area contributed by atoms with Gasteiger partial charge >= 0.3 is 0 Å². The lowest BCUT2D eigenvalue weighted by Crippen LogP contribution is -2.06. The average Bonchev–Trinajstić information content (AvgIpc) is 3.12. The second kappa shape index (κ2) is 7.94. The van der Waals surface area contributed by atoms with E-state index >= 15 is 0 Å². The number of halogens is 1. The molecule has 0 atom stereocenters. The topological polar surface area (TPSA) is 76.6 Å². The minimum atomic E-state index is 0.445. The van der Waals surface area contributed by atoms with Gasteiger partial charge in [-0.05, 0) is 36.2 Å². The zero-order chi connectivity index (χ0) is 19.5. The maximum atomic E-state index is 6.21. The third-order valence-corrected chi connectivity index (χ3v) is 4.38. The van der Waals surface area contributed by atoms with Crippen LogP contribution in [0, 0.1) is 5.92 Å². The summed E-state index contributed by atoms with van der Waals surface area (Å²) in [7, 11) is 0. The molecule has 28 heavy (non-hydrogen) atoms. The number of aromatic nitrogens is 5. The van der Waals surface area contributed by atoms with Crippen LogP contribution < -0.4 is 4.74 Å². The first kappa shape index (κ1) is 18.4. The highest BCUT2D eigenvalue weighted by Gasteiger charge is 2.11. The second-order valence-electron chi connectivity index (χ2n) is 6.96. The summed E-state index contributed by atoms with van der Waals surface area (Å²) in [5.74, 6) is 1.92. The van der Waals surface area contributed by atoms with Gasteiger partial charge in [0, 0.05) is 35.1 Å². The van der Waals surface area contributed by atoms with Crippen LogP contribution in [0.15, 0.2) is 48.8 Å². The maximum absolute atomic E-state index is 6.21. The van der Waals surface area contributed by atoms with Crippen LogP contribution in [-0.4, -0.2) is 31.5 Å². The fraction of sp³-hybridized carbons (Fsp3) is 0.238. The van der Waals surface area contributed by atoms with Crippen molar-refractivity contribution < 1.29 is 4.74 Å². The number of rotatable bonds is 6. The molecule has 0 saturated carbocycles. The SMILES string of the molecule is CC(C)COc1ccc(Cl)cc1Cc1cccc(-c2nc3nccnc3[nH]2)n1. The third-order valence-electron chi connectivity index (χ3n) is 4.15. The molecular formula is C21H20ClN5O. The van der Waals surface area contributed by atoms with E-state index in [0.29, 0.717) is 41.1 Å². The minimum Gasteiger partial charge on any atom is -0.493 e. The van der Waals surface area contributed by atoms with Crippen LogP contribution in [0.1, 0.15) is 25.1 Å². The number of benzene rings is 1. The highest BCUT2D eigenvalue weighted by atomic mass is 35.5. The van der Waals surface area contributed by atoms with Crippen LogP contribution in [0.3, 0.4) is 0 Å². The van der Waals surface area contributed by atoms with E-state index in [1.807, 2.05) is 36.4 Å². The Bertz CT molecular complexity index is 1080. The Balaban J connectivity index is 1.62. The number of H-pyrrole nitrogens is 1. The molecule has 3 aromatic heterocycles. The standard InChI is InChI=1S/C21H20ClN5O/c1-13(2)12-28-18-7-6-15(22)10-14(18)11-16-4-3-5-17(25-16)19-26-20-21(27-19)24-9-8-23-20/h3-10,13H,11-12H2,1-2H3,(H,23,24,26,27). The molecule has 4 aromatic rings. The Hall–Kier alpha value is -2.99. The Morgan fingerprint density at radius 2 is 1.93 bits per heavy atom. The Labute approximate surface area is 168 Å². The van der Waals surface area contributed by atoms with Gasteiger partial charge in [-0.25, -0.2) is 19.9 Å². The van der Waals surface area contributed by atoms with Crippen molar-refractivity contribution in [2.24, 2.45) is 5.92 Å². The molecule has 0 aliphatic carbocycles. The number of hydrogen-bond donors (Lipinski definition) is 1. The van der Waals surface area contributed by atoms with Crippen molar-refractivity contribution in [1.82, 2.24) is 24.9 Å². The van der Waals surface area contributed by atoms with E-state index in [4.69, 9.17) is 21.3 Å². The van der Waals surface area contributed by atoms with Crippen molar-refractivity contribution >= 4 is 22.9 Å². The number of pyridine rings is 1. The molecule has 0 aliphatic heterocycles. The molecular weight excluding hydrogens is 374 g/mol. The Morgan fingerprint density at radius 3 is 2.75 bits per heavy atom. The second-order valence-corrected chi connectivity index (χ2v) is 7.40. The molecule has 0 radical (unpaired) electrons. The molecule has 0 saturated heterocycles.